The van der Waals surface area contributed by atoms with E-state index in [1.807, 2.05) is 17.0 Å². The molecule has 7 nitrogen and oxygen atoms in total. The van der Waals surface area contributed by atoms with Crippen LogP contribution in [0.15, 0.2) is 42.5 Å². The quantitative estimate of drug-likeness (QED) is 0.690. The lowest BCUT2D eigenvalue weighted by atomic mass is 10.00. The van der Waals surface area contributed by atoms with E-state index in [1.54, 1.807) is 11.8 Å². The van der Waals surface area contributed by atoms with Crippen molar-refractivity contribution in [3.05, 3.63) is 64.7 Å². The van der Waals surface area contributed by atoms with Gasteiger partial charge in [0.15, 0.2) is 0 Å². The van der Waals surface area contributed by atoms with E-state index in [1.165, 1.54) is 11.1 Å². The highest BCUT2D eigenvalue weighted by Crippen LogP contribution is 2.27. The molecular weight excluding hydrogens is 428 g/mol. The smallest absolute Gasteiger partial charge is 0.254 e. The SMILES string of the molecule is CC(=O)N1CCC(Nc2ccc3c(c2)CN(C[C@H](O)CN2CCc4ccccc4C2)C3=O)CC1. The van der Waals surface area contributed by atoms with Crippen LogP contribution in [0.1, 0.15) is 46.8 Å². The summed E-state index contributed by atoms with van der Waals surface area (Å²) in [5.41, 5.74) is 5.48. The lowest BCUT2D eigenvalue weighted by Crippen LogP contribution is -2.42. The second kappa shape index (κ2) is 9.76. The van der Waals surface area contributed by atoms with Crippen LogP contribution in [0.25, 0.3) is 0 Å². The van der Waals surface area contributed by atoms with E-state index >= 15 is 0 Å². The van der Waals surface area contributed by atoms with Gasteiger partial charge in [-0.2, -0.15) is 0 Å². The van der Waals surface area contributed by atoms with E-state index in [0.717, 1.165) is 62.3 Å². The molecule has 3 aliphatic rings. The number of piperidine rings is 1. The molecule has 0 aliphatic carbocycles. The molecule has 2 aromatic carbocycles. The summed E-state index contributed by atoms with van der Waals surface area (Å²) >= 11 is 0. The summed E-state index contributed by atoms with van der Waals surface area (Å²) in [6.45, 7) is 6.42. The Morgan fingerprint density at radius 1 is 1.03 bits per heavy atom. The summed E-state index contributed by atoms with van der Waals surface area (Å²) in [7, 11) is 0. The Hall–Kier alpha value is -2.90. The van der Waals surface area contributed by atoms with Gasteiger partial charge in [-0.15, -0.1) is 0 Å². The zero-order valence-electron chi connectivity index (χ0n) is 19.9. The Bertz CT molecular complexity index is 1060. The van der Waals surface area contributed by atoms with Gasteiger partial charge in [0.25, 0.3) is 5.91 Å². The first-order chi connectivity index (χ1) is 16.5. The van der Waals surface area contributed by atoms with E-state index in [0.29, 0.717) is 25.7 Å². The number of aliphatic hydroxyl groups excluding tert-OH is 1. The van der Waals surface area contributed by atoms with Crippen molar-refractivity contribution in [3.63, 3.8) is 0 Å². The van der Waals surface area contributed by atoms with Crippen LogP contribution in [-0.4, -0.2) is 76.5 Å². The van der Waals surface area contributed by atoms with Crippen LogP contribution in [0.2, 0.25) is 0 Å². The van der Waals surface area contributed by atoms with Crippen LogP contribution in [0.4, 0.5) is 5.69 Å². The summed E-state index contributed by atoms with van der Waals surface area (Å²) in [5, 5.41) is 14.3. The number of aliphatic hydroxyl groups is 1. The first-order valence-electron chi connectivity index (χ1n) is 12.4. The predicted octanol–water partition coefficient (Wildman–Crippen LogP) is 2.48. The Kier molecular flexibility index (Phi) is 6.57. The minimum absolute atomic E-state index is 0.000596. The summed E-state index contributed by atoms with van der Waals surface area (Å²) in [6, 6.07) is 14.8. The molecule has 0 aromatic heterocycles. The first-order valence-corrected chi connectivity index (χ1v) is 12.4. The number of amides is 2. The molecule has 2 amide bonds. The zero-order chi connectivity index (χ0) is 23.7. The number of hydrogen-bond donors (Lipinski definition) is 2. The predicted molar refractivity (Wildman–Crippen MR) is 132 cm³/mol. The Morgan fingerprint density at radius 3 is 2.56 bits per heavy atom. The molecule has 1 saturated heterocycles. The number of β-amino-alcohol motifs (C(OH)–C–C–N with tert-alkyl or cyclic N) is 1. The number of nitrogens with one attached hydrogen (secondary N) is 1. The molecule has 5 rings (SSSR count). The molecule has 0 saturated carbocycles. The molecule has 7 heteroatoms. The highest BCUT2D eigenvalue weighted by atomic mass is 16.3. The van der Waals surface area contributed by atoms with Gasteiger partial charge < -0.3 is 20.2 Å². The molecule has 1 fully saturated rings. The van der Waals surface area contributed by atoms with E-state index in [4.69, 9.17) is 0 Å². The minimum Gasteiger partial charge on any atom is -0.390 e. The van der Waals surface area contributed by atoms with Crippen molar-refractivity contribution in [2.24, 2.45) is 0 Å². The number of hydrogen-bond acceptors (Lipinski definition) is 5. The van der Waals surface area contributed by atoms with E-state index < -0.39 is 6.10 Å². The topological polar surface area (TPSA) is 76.1 Å². The van der Waals surface area contributed by atoms with Gasteiger partial charge >= 0.3 is 0 Å². The normalized spacial score (nSPS) is 19.6. The largest absolute Gasteiger partial charge is 0.390 e. The molecule has 180 valence electrons. The van der Waals surface area contributed by atoms with Gasteiger partial charge in [0.2, 0.25) is 5.91 Å². The summed E-state index contributed by atoms with van der Waals surface area (Å²) < 4.78 is 0. The van der Waals surface area contributed by atoms with Crippen LogP contribution in [-0.2, 0) is 24.3 Å². The molecule has 0 unspecified atom stereocenters. The van der Waals surface area contributed by atoms with Crippen molar-refractivity contribution < 1.29 is 14.7 Å². The average molecular weight is 463 g/mol. The van der Waals surface area contributed by atoms with Crippen molar-refractivity contribution in [1.29, 1.82) is 0 Å². The lowest BCUT2D eigenvalue weighted by Gasteiger charge is -2.32. The van der Waals surface area contributed by atoms with Crippen LogP contribution in [0.5, 0.6) is 0 Å². The number of likely N-dealkylation sites (tertiary alicyclic amines) is 1. The fraction of sp³-hybridized carbons (Fsp3) is 0.481. The van der Waals surface area contributed by atoms with Gasteiger partial charge in [-0.3, -0.25) is 14.5 Å². The summed E-state index contributed by atoms with van der Waals surface area (Å²) in [6.07, 6.45) is 2.28. The van der Waals surface area contributed by atoms with Crippen LogP contribution >= 0.6 is 0 Å². The third-order valence-electron chi connectivity index (χ3n) is 7.40. The average Bonchev–Trinajstić information content (AvgIpc) is 3.13. The van der Waals surface area contributed by atoms with E-state index in [2.05, 4.69) is 40.5 Å². The summed E-state index contributed by atoms with van der Waals surface area (Å²) in [5.74, 6) is 0.140. The van der Waals surface area contributed by atoms with Crippen LogP contribution < -0.4 is 5.32 Å². The third-order valence-corrected chi connectivity index (χ3v) is 7.40. The van der Waals surface area contributed by atoms with Gasteiger partial charge in [-0.05, 0) is 54.2 Å². The molecule has 3 heterocycles. The minimum atomic E-state index is -0.576. The van der Waals surface area contributed by atoms with Crippen LogP contribution in [0.3, 0.4) is 0 Å². The second-order valence-electron chi connectivity index (χ2n) is 9.89. The van der Waals surface area contributed by atoms with Crippen LogP contribution in [0, 0.1) is 0 Å². The maximum absolute atomic E-state index is 12.9. The third kappa shape index (κ3) is 4.95. The van der Waals surface area contributed by atoms with Gasteiger partial charge in [-0.25, -0.2) is 0 Å². The van der Waals surface area contributed by atoms with E-state index in [9.17, 15) is 14.7 Å². The van der Waals surface area contributed by atoms with Crippen molar-refractivity contribution >= 4 is 17.5 Å². The van der Waals surface area contributed by atoms with Gasteiger partial charge in [0, 0.05) is 70.0 Å². The second-order valence-corrected chi connectivity index (χ2v) is 9.89. The summed E-state index contributed by atoms with van der Waals surface area (Å²) in [4.78, 5) is 30.4. The fourth-order valence-electron chi connectivity index (χ4n) is 5.51. The lowest BCUT2D eigenvalue weighted by molar-refractivity contribution is -0.129. The first kappa shape index (κ1) is 22.9. The molecule has 2 aromatic rings. The standard InChI is InChI=1S/C27H34N4O3/c1-19(32)30-12-9-23(10-13-30)28-24-6-7-26-22(14-24)16-31(27(26)34)18-25(33)17-29-11-8-20-4-2-3-5-21(20)15-29/h2-7,14,23,25,28,33H,8-13,15-18H2,1H3/t25-/m1/s1. The monoisotopic (exact) mass is 462 g/mol. The highest BCUT2D eigenvalue weighted by molar-refractivity contribution is 5.98. The Balaban J connectivity index is 1.14. The molecule has 1 atom stereocenters. The number of anilines is 1. The van der Waals surface area contributed by atoms with Crippen molar-refractivity contribution in [2.45, 2.75) is 51.4 Å². The van der Waals surface area contributed by atoms with Gasteiger partial charge in [0.1, 0.15) is 0 Å². The fourth-order valence-corrected chi connectivity index (χ4v) is 5.51. The number of carbonyl (C=O) groups is 2. The molecule has 2 N–H and O–H groups in total. The van der Waals surface area contributed by atoms with Crippen molar-refractivity contribution in [3.8, 4) is 0 Å². The maximum Gasteiger partial charge on any atom is 0.254 e. The molecule has 34 heavy (non-hydrogen) atoms. The molecule has 3 aliphatic heterocycles. The number of rotatable bonds is 6. The van der Waals surface area contributed by atoms with Gasteiger partial charge in [-0.1, -0.05) is 24.3 Å². The zero-order valence-corrected chi connectivity index (χ0v) is 19.9. The Morgan fingerprint density at radius 2 is 1.79 bits per heavy atom. The van der Waals surface area contributed by atoms with Crippen molar-refractivity contribution in [2.75, 3.05) is 38.0 Å². The number of nitrogens with zero attached hydrogens (tertiary/aromatic N) is 3. The maximum atomic E-state index is 12.9. The number of fused-ring (bicyclic) bond motifs is 2. The number of benzene rings is 2. The molecule has 0 spiro atoms. The van der Waals surface area contributed by atoms with Gasteiger partial charge in [0.05, 0.1) is 6.10 Å². The van der Waals surface area contributed by atoms with Crippen molar-refractivity contribution in [1.82, 2.24) is 14.7 Å². The molecule has 0 radical (unpaired) electrons. The Labute approximate surface area is 201 Å². The number of carbonyl (C=O) groups excluding carboxylic acids is 2. The highest BCUT2D eigenvalue weighted by Gasteiger charge is 2.30. The van der Waals surface area contributed by atoms with E-state index in [-0.39, 0.29) is 11.8 Å². The molecule has 0 bridgehead atoms. The molecular formula is C27H34N4O3.